The van der Waals surface area contributed by atoms with E-state index < -0.39 is 0 Å². The Balaban J connectivity index is 1.86. The summed E-state index contributed by atoms with van der Waals surface area (Å²) in [5.74, 6) is 0. The number of rotatable bonds is 3. The van der Waals surface area contributed by atoms with Crippen LogP contribution in [0.15, 0.2) is 5.38 Å². The lowest BCUT2D eigenvalue weighted by molar-refractivity contribution is 0.276. The summed E-state index contributed by atoms with van der Waals surface area (Å²) >= 11 is 1.84. The van der Waals surface area contributed by atoms with E-state index in [1.807, 2.05) is 11.3 Å². The second kappa shape index (κ2) is 4.91. The molecule has 0 radical (unpaired) electrons. The Morgan fingerprint density at radius 3 is 2.89 bits per heavy atom. The zero-order chi connectivity index (χ0) is 12.6. The third-order valence-electron chi connectivity index (χ3n) is 4.15. The molecule has 0 aromatic carbocycles. The van der Waals surface area contributed by atoms with Crippen LogP contribution in [0.3, 0.4) is 0 Å². The zero-order valence-corrected chi connectivity index (χ0v) is 12.2. The summed E-state index contributed by atoms with van der Waals surface area (Å²) in [4.78, 5) is 7.25. The van der Waals surface area contributed by atoms with Gasteiger partial charge in [0.15, 0.2) is 0 Å². The fourth-order valence-electron chi connectivity index (χ4n) is 2.88. The molecule has 2 heterocycles. The number of thiazole rings is 1. The summed E-state index contributed by atoms with van der Waals surface area (Å²) in [7, 11) is 2.24. The van der Waals surface area contributed by atoms with Crippen molar-refractivity contribution in [3.8, 4) is 0 Å². The molecule has 2 fully saturated rings. The molecule has 1 aliphatic carbocycles. The van der Waals surface area contributed by atoms with E-state index in [1.54, 1.807) is 0 Å². The van der Waals surface area contributed by atoms with Gasteiger partial charge in [0.2, 0.25) is 0 Å². The number of likely N-dealkylation sites (tertiary alicyclic amines) is 1. The van der Waals surface area contributed by atoms with Crippen molar-refractivity contribution in [3.05, 3.63) is 16.1 Å². The maximum absolute atomic E-state index is 4.79. The lowest BCUT2D eigenvalue weighted by Crippen LogP contribution is -2.44. The Morgan fingerprint density at radius 2 is 2.22 bits per heavy atom. The molecule has 1 aromatic heterocycles. The molecule has 1 saturated heterocycles. The molecule has 1 aromatic rings. The number of nitrogens with zero attached hydrogens (tertiary/aromatic N) is 2. The van der Waals surface area contributed by atoms with E-state index >= 15 is 0 Å². The van der Waals surface area contributed by atoms with E-state index in [1.165, 1.54) is 55.9 Å². The van der Waals surface area contributed by atoms with Gasteiger partial charge in [-0.25, -0.2) is 4.98 Å². The van der Waals surface area contributed by atoms with Crippen molar-refractivity contribution in [2.24, 2.45) is 0 Å². The number of hydrogen-bond donors (Lipinski definition) is 1. The minimum Gasteiger partial charge on any atom is -0.306 e. The van der Waals surface area contributed by atoms with Gasteiger partial charge in [-0.1, -0.05) is 0 Å². The van der Waals surface area contributed by atoms with Gasteiger partial charge in [0.1, 0.15) is 5.01 Å². The summed E-state index contributed by atoms with van der Waals surface area (Å²) in [6, 6.07) is 0.748. The van der Waals surface area contributed by atoms with Crippen LogP contribution in [0.25, 0.3) is 0 Å². The molecule has 1 saturated carbocycles. The lowest BCUT2D eigenvalue weighted by Gasteiger charge is -2.32. The van der Waals surface area contributed by atoms with E-state index in [0.717, 1.165) is 6.04 Å². The van der Waals surface area contributed by atoms with E-state index in [2.05, 4.69) is 29.6 Å². The van der Waals surface area contributed by atoms with Crippen molar-refractivity contribution in [1.29, 1.82) is 0 Å². The topological polar surface area (TPSA) is 28.2 Å². The molecule has 3 rings (SSSR count). The fraction of sp³-hybridized carbons (Fsp3) is 0.786. The largest absolute Gasteiger partial charge is 0.306 e. The Hall–Kier alpha value is -0.450. The first-order valence-electron chi connectivity index (χ1n) is 7.07. The van der Waals surface area contributed by atoms with Crippen LogP contribution in [0.5, 0.6) is 0 Å². The zero-order valence-electron chi connectivity index (χ0n) is 11.4. The first kappa shape index (κ1) is 12.6. The third kappa shape index (κ3) is 2.60. The molecule has 1 unspecified atom stereocenters. The molecule has 3 nitrogen and oxygen atoms in total. The van der Waals surface area contributed by atoms with Gasteiger partial charge in [-0.2, -0.15) is 0 Å². The molecule has 0 spiro atoms. The monoisotopic (exact) mass is 265 g/mol. The average Bonchev–Trinajstić information content (AvgIpc) is 3.08. The van der Waals surface area contributed by atoms with Crippen LogP contribution in [-0.2, 0) is 5.54 Å². The van der Waals surface area contributed by atoms with Gasteiger partial charge in [0, 0.05) is 23.7 Å². The molecule has 2 aliphatic rings. The molecule has 1 atom stereocenters. The van der Waals surface area contributed by atoms with E-state index in [4.69, 9.17) is 4.98 Å². The maximum Gasteiger partial charge on any atom is 0.113 e. The van der Waals surface area contributed by atoms with Crippen LogP contribution in [0.4, 0.5) is 0 Å². The highest BCUT2D eigenvalue weighted by atomic mass is 32.1. The third-order valence-corrected chi connectivity index (χ3v) is 5.31. The molecule has 0 amide bonds. The molecule has 18 heavy (non-hydrogen) atoms. The van der Waals surface area contributed by atoms with Crippen LogP contribution in [-0.4, -0.2) is 36.1 Å². The highest BCUT2D eigenvalue weighted by Crippen LogP contribution is 2.38. The SMILES string of the molecule is Cc1csc(C2(NC3CC3)CCCN(C)CC2)n1. The summed E-state index contributed by atoms with van der Waals surface area (Å²) in [5.41, 5.74) is 1.33. The predicted octanol–water partition coefficient (Wildman–Crippen LogP) is 2.51. The number of hydrogen-bond acceptors (Lipinski definition) is 4. The van der Waals surface area contributed by atoms with Crippen molar-refractivity contribution in [2.45, 2.75) is 50.6 Å². The van der Waals surface area contributed by atoms with Crippen molar-refractivity contribution in [3.63, 3.8) is 0 Å². The summed E-state index contributed by atoms with van der Waals surface area (Å²) in [6.07, 6.45) is 6.41. The second-order valence-corrected chi connectivity index (χ2v) is 6.81. The normalized spacial score (nSPS) is 30.3. The van der Waals surface area contributed by atoms with Crippen LogP contribution >= 0.6 is 11.3 Å². The molecule has 100 valence electrons. The highest BCUT2D eigenvalue weighted by molar-refractivity contribution is 7.09. The minimum absolute atomic E-state index is 0.158. The summed E-state index contributed by atoms with van der Waals surface area (Å²) in [5, 5.41) is 7.43. The van der Waals surface area contributed by atoms with Gasteiger partial charge < -0.3 is 10.2 Å². The number of nitrogens with one attached hydrogen (secondary N) is 1. The number of aryl methyl sites for hydroxylation is 1. The molecule has 4 heteroatoms. The standard InChI is InChI=1S/C14H23N3S/c1-11-10-18-13(15-11)14(16-12-4-5-12)6-3-8-17(2)9-7-14/h10,12,16H,3-9H2,1-2H3. The second-order valence-electron chi connectivity index (χ2n) is 5.95. The van der Waals surface area contributed by atoms with Crippen LogP contribution in [0.2, 0.25) is 0 Å². The van der Waals surface area contributed by atoms with Crippen molar-refractivity contribution in [1.82, 2.24) is 15.2 Å². The summed E-state index contributed by atoms with van der Waals surface area (Å²) in [6.45, 7) is 4.50. The summed E-state index contributed by atoms with van der Waals surface area (Å²) < 4.78 is 0. The first-order chi connectivity index (χ1) is 8.68. The molecule has 1 aliphatic heterocycles. The smallest absolute Gasteiger partial charge is 0.113 e. The molecule has 1 N–H and O–H groups in total. The van der Waals surface area contributed by atoms with Gasteiger partial charge in [-0.3, -0.25) is 0 Å². The van der Waals surface area contributed by atoms with E-state index in [-0.39, 0.29) is 5.54 Å². The highest BCUT2D eigenvalue weighted by Gasteiger charge is 2.40. The average molecular weight is 265 g/mol. The van der Waals surface area contributed by atoms with Crippen molar-refractivity contribution in [2.75, 3.05) is 20.1 Å². The Morgan fingerprint density at radius 1 is 1.39 bits per heavy atom. The van der Waals surface area contributed by atoms with Gasteiger partial charge in [0.25, 0.3) is 0 Å². The molecular weight excluding hydrogens is 242 g/mol. The van der Waals surface area contributed by atoms with Crippen molar-refractivity contribution >= 4 is 11.3 Å². The Bertz CT molecular complexity index is 413. The van der Waals surface area contributed by atoms with Crippen molar-refractivity contribution < 1.29 is 0 Å². The maximum atomic E-state index is 4.79. The van der Waals surface area contributed by atoms with Gasteiger partial charge >= 0.3 is 0 Å². The Labute approximate surface area is 114 Å². The molecular formula is C14H23N3S. The van der Waals surface area contributed by atoms with Crippen LogP contribution in [0, 0.1) is 6.92 Å². The molecule has 0 bridgehead atoms. The van der Waals surface area contributed by atoms with Gasteiger partial charge in [0.05, 0.1) is 5.54 Å². The van der Waals surface area contributed by atoms with Gasteiger partial charge in [-0.05, 0) is 52.6 Å². The fourth-order valence-corrected chi connectivity index (χ4v) is 3.90. The quantitative estimate of drug-likeness (QED) is 0.910. The Kier molecular flexibility index (Phi) is 3.43. The van der Waals surface area contributed by atoms with Gasteiger partial charge in [-0.15, -0.1) is 11.3 Å². The van der Waals surface area contributed by atoms with Crippen LogP contribution < -0.4 is 5.32 Å². The van der Waals surface area contributed by atoms with Crippen LogP contribution in [0.1, 0.15) is 42.8 Å². The van der Waals surface area contributed by atoms with E-state index in [9.17, 15) is 0 Å². The number of aromatic nitrogens is 1. The lowest BCUT2D eigenvalue weighted by atomic mass is 9.91. The van der Waals surface area contributed by atoms with E-state index in [0.29, 0.717) is 0 Å². The first-order valence-corrected chi connectivity index (χ1v) is 7.95. The minimum atomic E-state index is 0.158. The predicted molar refractivity (Wildman–Crippen MR) is 76.0 cm³/mol.